The summed E-state index contributed by atoms with van der Waals surface area (Å²) in [4.78, 5) is 26.3. The summed E-state index contributed by atoms with van der Waals surface area (Å²) in [5, 5.41) is 35.5. The van der Waals surface area contributed by atoms with E-state index in [9.17, 15) is 35.9 Å². The van der Waals surface area contributed by atoms with E-state index in [0.29, 0.717) is 26.2 Å². The number of hydrogen-bond donors (Lipinski definition) is 4. The minimum atomic E-state index is -5.15. The second-order valence-corrected chi connectivity index (χ2v) is 8.90. The van der Waals surface area contributed by atoms with E-state index in [0.717, 1.165) is 25.7 Å². The van der Waals surface area contributed by atoms with Crippen molar-refractivity contribution in [1.82, 2.24) is 9.80 Å². The van der Waals surface area contributed by atoms with Crippen molar-refractivity contribution >= 4 is 11.8 Å². The Bertz CT molecular complexity index is 628. The Morgan fingerprint density at radius 2 is 0.882 bits per heavy atom. The zero-order valence-electron chi connectivity index (χ0n) is 19.0. The van der Waals surface area contributed by atoms with Crippen molar-refractivity contribution in [2.24, 2.45) is 11.8 Å². The number of hydrogen-bond acceptors (Lipinski definition) is 6. The summed E-state index contributed by atoms with van der Waals surface area (Å²) in [5.74, 6) is -10.7. The second kappa shape index (κ2) is 11.4. The summed E-state index contributed by atoms with van der Waals surface area (Å²) >= 11 is 0. The Morgan fingerprint density at radius 1 is 0.647 bits per heavy atom. The van der Waals surface area contributed by atoms with Crippen LogP contribution in [0, 0.1) is 11.8 Å². The molecular formula is C20H32F6N2O6. The number of amides is 2. The van der Waals surface area contributed by atoms with Crippen LogP contribution in [-0.2, 0) is 9.59 Å². The predicted molar refractivity (Wildman–Crippen MR) is 106 cm³/mol. The molecule has 8 nitrogen and oxygen atoms in total. The number of nitrogens with zero attached hydrogens (tertiary/aromatic N) is 2. The summed E-state index contributed by atoms with van der Waals surface area (Å²) < 4.78 is 73.3. The first-order chi connectivity index (χ1) is 15.3. The Labute approximate surface area is 193 Å². The highest BCUT2D eigenvalue weighted by atomic mass is 19.4. The van der Waals surface area contributed by atoms with Gasteiger partial charge in [-0.2, -0.15) is 26.3 Å². The van der Waals surface area contributed by atoms with E-state index in [-0.39, 0.29) is 0 Å². The van der Waals surface area contributed by atoms with Crippen LogP contribution in [0.25, 0.3) is 0 Å². The molecule has 2 amide bonds. The van der Waals surface area contributed by atoms with E-state index in [2.05, 4.69) is 0 Å². The van der Waals surface area contributed by atoms with Crippen LogP contribution in [0.2, 0.25) is 0 Å². The molecule has 34 heavy (non-hydrogen) atoms. The van der Waals surface area contributed by atoms with Gasteiger partial charge in [-0.05, 0) is 25.7 Å². The third-order valence-electron chi connectivity index (χ3n) is 5.77. The number of alkyl halides is 6. The maximum atomic E-state index is 12.2. The maximum absolute atomic E-state index is 12.2. The number of halogens is 6. The van der Waals surface area contributed by atoms with Crippen LogP contribution in [-0.4, -0.2) is 92.1 Å². The number of carbonyl (C=O) groups is 2. The van der Waals surface area contributed by atoms with Crippen molar-refractivity contribution in [1.29, 1.82) is 0 Å². The number of likely N-dealkylation sites (tertiary alicyclic amines) is 2. The van der Waals surface area contributed by atoms with Crippen LogP contribution in [0.15, 0.2) is 0 Å². The van der Waals surface area contributed by atoms with Gasteiger partial charge in [0, 0.05) is 50.9 Å². The average molecular weight is 510 g/mol. The summed E-state index contributed by atoms with van der Waals surface area (Å²) in [6.07, 6.45) is -9.03. The molecule has 0 aromatic heterocycles. The molecule has 2 saturated heterocycles. The first-order valence-electron chi connectivity index (χ1n) is 10.9. The van der Waals surface area contributed by atoms with Gasteiger partial charge in [-0.25, -0.2) is 0 Å². The molecule has 0 aromatic rings. The third-order valence-corrected chi connectivity index (χ3v) is 5.77. The van der Waals surface area contributed by atoms with E-state index >= 15 is 0 Å². The lowest BCUT2D eigenvalue weighted by Gasteiger charge is -2.28. The van der Waals surface area contributed by atoms with Gasteiger partial charge in [0.15, 0.2) is 0 Å². The van der Waals surface area contributed by atoms with Gasteiger partial charge in [0.2, 0.25) is 11.8 Å². The monoisotopic (exact) mass is 510 g/mol. The highest BCUT2D eigenvalue weighted by Crippen LogP contribution is 2.34. The normalized spacial score (nSPS) is 19.5. The van der Waals surface area contributed by atoms with Crippen LogP contribution in [0.4, 0.5) is 26.3 Å². The van der Waals surface area contributed by atoms with Gasteiger partial charge in [-0.15, -0.1) is 0 Å². The molecule has 0 radical (unpaired) electrons. The minimum Gasteiger partial charge on any atom is -0.359 e. The molecule has 2 heterocycles. The van der Waals surface area contributed by atoms with Gasteiger partial charge in [0.05, 0.1) is 0 Å². The van der Waals surface area contributed by atoms with E-state index in [4.69, 9.17) is 20.4 Å². The van der Waals surface area contributed by atoms with Gasteiger partial charge < -0.3 is 30.2 Å². The van der Waals surface area contributed by atoms with E-state index in [1.165, 1.54) is 23.6 Å². The lowest BCUT2D eigenvalue weighted by molar-refractivity contribution is -0.353. The van der Waals surface area contributed by atoms with E-state index in [1.54, 1.807) is 0 Å². The fourth-order valence-corrected chi connectivity index (χ4v) is 3.76. The van der Waals surface area contributed by atoms with Gasteiger partial charge in [0.1, 0.15) is 0 Å². The Hall–Kier alpha value is -1.64. The molecule has 4 N–H and O–H groups in total. The van der Waals surface area contributed by atoms with Crippen LogP contribution >= 0.6 is 0 Å². The molecule has 0 saturated carbocycles. The standard InChI is InChI=1S/2C10H16F3NO3/c2*1-7(6-9(16,17)10(11,12)13)8(15)14-4-2-3-5-14/h2*7,16-17H,2-6H2,1H3/t2*7-/m00/s1. The van der Waals surface area contributed by atoms with Gasteiger partial charge >= 0.3 is 12.4 Å². The zero-order valence-corrected chi connectivity index (χ0v) is 19.0. The van der Waals surface area contributed by atoms with Crippen molar-refractivity contribution in [3.05, 3.63) is 0 Å². The van der Waals surface area contributed by atoms with Gasteiger partial charge in [-0.3, -0.25) is 9.59 Å². The predicted octanol–water partition coefficient (Wildman–Crippen LogP) is 1.76. The SMILES string of the molecule is C[C@@H](CC(O)(O)C(F)(F)F)C(=O)N1CCCC1.C[C@@H](CC(O)(O)C(F)(F)F)C(=O)N1CCCC1. The Kier molecular flexibility index (Phi) is 10.2. The summed E-state index contributed by atoms with van der Waals surface area (Å²) in [7, 11) is 0. The first kappa shape index (κ1) is 30.4. The number of rotatable bonds is 6. The molecule has 200 valence electrons. The smallest absolute Gasteiger partial charge is 0.359 e. The molecule has 2 rings (SSSR count). The van der Waals surface area contributed by atoms with Crippen molar-refractivity contribution in [3.8, 4) is 0 Å². The Balaban J connectivity index is 0.000000340. The molecule has 14 heteroatoms. The number of aliphatic hydroxyl groups is 4. The van der Waals surface area contributed by atoms with E-state index in [1.807, 2.05) is 0 Å². The van der Waals surface area contributed by atoms with Crippen LogP contribution in [0.3, 0.4) is 0 Å². The fraction of sp³-hybridized carbons (Fsp3) is 0.900. The molecule has 2 fully saturated rings. The molecule has 0 bridgehead atoms. The first-order valence-corrected chi connectivity index (χ1v) is 10.9. The molecular weight excluding hydrogens is 478 g/mol. The van der Waals surface area contributed by atoms with Crippen LogP contribution < -0.4 is 0 Å². The van der Waals surface area contributed by atoms with Crippen molar-refractivity contribution in [2.45, 2.75) is 76.3 Å². The molecule has 2 atom stereocenters. The largest absolute Gasteiger partial charge is 0.442 e. The Morgan fingerprint density at radius 3 is 1.09 bits per heavy atom. The molecule has 0 spiro atoms. The van der Waals surface area contributed by atoms with Crippen molar-refractivity contribution in [2.75, 3.05) is 26.2 Å². The molecule has 2 aliphatic heterocycles. The van der Waals surface area contributed by atoms with Crippen molar-refractivity contribution in [3.63, 3.8) is 0 Å². The second-order valence-electron chi connectivity index (χ2n) is 8.90. The van der Waals surface area contributed by atoms with E-state index < -0.39 is 60.4 Å². The lowest BCUT2D eigenvalue weighted by Crippen LogP contribution is -2.48. The lowest BCUT2D eigenvalue weighted by atomic mass is 9.99. The molecule has 0 aromatic carbocycles. The summed E-state index contributed by atoms with van der Waals surface area (Å²) in [6, 6.07) is 0. The highest BCUT2D eigenvalue weighted by Gasteiger charge is 2.55. The minimum absolute atomic E-state index is 0.459. The third kappa shape index (κ3) is 8.24. The summed E-state index contributed by atoms with van der Waals surface area (Å²) in [5.41, 5.74) is 0. The quantitative estimate of drug-likeness (QED) is 0.319. The molecule has 2 aliphatic rings. The van der Waals surface area contributed by atoms with Gasteiger partial charge in [0.25, 0.3) is 11.6 Å². The fourth-order valence-electron chi connectivity index (χ4n) is 3.76. The van der Waals surface area contributed by atoms with Crippen LogP contribution in [0.1, 0.15) is 52.4 Å². The average Bonchev–Trinajstić information content (AvgIpc) is 3.38. The maximum Gasteiger partial charge on any atom is 0.442 e. The molecule has 0 unspecified atom stereocenters. The van der Waals surface area contributed by atoms with Gasteiger partial charge in [-0.1, -0.05) is 13.8 Å². The summed E-state index contributed by atoms with van der Waals surface area (Å²) in [6.45, 7) is 4.65. The van der Waals surface area contributed by atoms with Crippen LogP contribution in [0.5, 0.6) is 0 Å². The number of carbonyl (C=O) groups excluding carboxylic acids is 2. The topological polar surface area (TPSA) is 122 Å². The van der Waals surface area contributed by atoms with Crippen molar-refractivity contribution < 1.29 is 56.4 Å². The highest BCUT2D eigenvalue weighted by molar-refractivity contribution is 5.79. The zero-order chi connectivity index (χ0) is 26.5. The molecule has 0 aliphatic carbocycles.